The summed E-state index contributed by atoms with van der Waals surface area (Å²) in [5, 5.41) is 0. The lowest BCUT2D eigenvalue weighted by Crippen LogP contribution is -2.20. The van der Waals surface area contributed by atoms with Crippen molar-refractivity contribution in [1.82, 2.24) is 0 Å². The van der Waals surface area contributed by atoms with Crippen molar-refractivity contribution in [3.63, 3.8) is 0 Å². The van der Waals surface area contributed by atoms with Crippen molar-refractivity contribution in [2.24, 2.45) is 11.8 Å². The van der Waals surface area contributed by atoms with Gasteiger partial charge in [-0.05, 0) is 32.1 Å². The Morgan fingerprint density at radius 2 is 1.65 bits per heavy atom. The highest BCUT2D eigenvalue weighted by Crippen LogP contribution is 2.13. The Hall–Kier alpha value is -0.610. The first kappa shape index (κ1) is 16.4. The van der Waals surface area contributed by atoms with Crippen LogP contribution in [0.25, 0.3) is 0 Å². The molecule has 0 spiro atoms. The smallest absolute Gasteiger partial charge is 0.302 e. The first-order valence-electron chi connectivity index (χ1n) is 6.32. The Bertz CT molecular complexity index is 206. The van der Waals surface area contributed by atoms with Gasteiger partial charge in [-0.25, -0.2) is 0 Å². The summed E-state index contributed by atoms with van der Waals surface area (Å²) >= 11 is 0. The van der Waals surface area contributed by atoms with Crippen LogP contribution in [0.15, 0.2) is 0 Å². The SMILES string of the molecule is CCOC(C)OC[C@H](C)C[C@H](C)COC(C)=O. The fourth-order valence-electron chi connectivity index (χ4n) is 1.67. The summed E-state index contributed by atoms with van der Waals surface area (Å²) in [7, 11) is 0. The Balaban J connectivity index is 3.62. The summed E-state index contributed by atoms with van der Waals surface area (Å²) in [5.74, 6) is 0.578. The lowest BCUT2D eigenvalue weighted by atomic mass is 9.99. The van der Waals surface area contributed by atoms with Crippen LogP contribution in [0.4, 0.5) is 0 Å². The zero-order chi connectivity index (χ0) is 13.3. The summed E-state index contributed by atoms with van der Waals surface area (Å²) in [6.45, 7) is 11.3. The van der Waals surface area contributed by atoms with E-state index < -0.39 is 0 Å². The zero-order valence-electron chi connectivity index (χ0n) is 11.7. The molecule has 0 rings (SSSR count). The number of hydrogen-bond donors (Lipinski definition) is 0. The molecule has 0 fully saturated rings. The van der Waals surface area contributed by atoms with Gasteiger partial charge in [0.15, 0.2) is 6.29 Å². The number of carbonyl (C=O) groups excluding carboxylic acids is 1. The molecule has 0 bridgehead atoms. The maximum Gasteiger partial charge on any atom is 0.302 e. The van der Waals surface area contributed by atoms with E-state index in [-0.39, 0.29) is 12.3 Å². The van der Waals surface area contributed by atoms with Crippen molar-refractivity contribution >= 4 is 5.97 Å². The second-order valence-electron chi connectivity index (χ2n) is 4.60. The van der Waals surface area contributed by atoms with E-state index >= 15 is 0 Å². The molecule has 0 saturated carbocycles. The van der Waals surface area contributed by atoms with Crippen LogP contribution in [-0.4, -0.2) is 32.1 Å². The van der Waals surface area contributed by atoms with Crippen LogP contribution < -0.4 is 0 Å². The second-order valence-corrected chi connectivity index (χ2v) is 4.60. The molecule has 0 saturated heterocycles. The van der Waals surface area contributed by atoms with Gasteiger partial charge in [-0.1, -0.05) is 13.8 Å². The molecule has 0 aromatic heterocycles. The summed E-state index contributed by atoms with van der Waals surface area (Å²) in [6.07, 6.45) is 0.831. The van der Waals surface area contributed by atoms with Crippen LogP contribution in [0.5, 0.6) is 0 Å². The molecule has 4 nitrogen and oxygen atoms in total. The minimum Gasteiger partial charge on any atom is -0.466 e. The average molecular weight is 246 g/mol. The number of carbonyl (C=O) groups is 1. The maximum atomic E-state index is 10.7. The van der Waals surface area contributed by atoms with Crippen molar-refractivity contribution in [2.45, 2.75) is 47.3 Å². The quantitative estimate of drug-likeness (QED) is 0.463. The normalized spacial score (nSPS) is 16.3. The number of hydrogen-bond acceptors (Lipinski definition) is 4. The zero-order valence-corrected chi connectivity index (χ0v) is 11.7. The van der Waals surface area contributed by atoms with Gasteiger partial charge >= 0.3 is 5.97 Å². The molecule has 0 aliphatic carbocycles. The van der Waals surface area contributed by atoms with E-state index in [2.05, 4.69) is 13.8 Å². The van der Waals surface area contributed by atoms with E-state index in [9.17, 15) is 4.79 Å². The highest BCUT2D eigenvalue weighted by molar-refractivity contribution is 5.65. The van der Waals surface area contributed by atoms with E-state index in [1.165, 1.54) is 6.92 Å². The largest absolute Gasteiger partial charge is 0.466 e. The van der Waals surface area contributed by atoms with Gasteiger partial charge in [-0.3, -0.25) is 4.79 Å². The molecule has 17 heavy (non-hydrogen) atoms. The van der Waals surface area contributed by atoms with E-state index in [0.29, 0.717) is 31.7 Å². The van der Waals surface area contributed by atoms with Crippen molar-refractivity contribution in [3.05, 3.63) is 0 Å². The second kappa shape index (κ2) is 9.42. The predicted molar refractivity (Wildman–Crippen MR) is 66.6 cm³/mol. The summed E-state index contributed by atoms with van der Waals surface area (Å²) in [5.41, 5.74) is 0. The highest BCUT2D eigenvalue weighted by atomic mass is 16.7. The molecule has 1 unspecified atom stereocenters. The minimum absolute atomic E-state index is 0.147. The van der Waals surface area contributed by atoms with Gasteiger partial charge in [0, 0.05) is 13.5 Å². The summed E-state index contributed by atoms with van der Waals surface area (Å²) in [6, 6.07) is 0. The Morgan fingerprint density at radius 1 is 1.06 bits per heavy atom. The molecule has 0 radical (unpaired) electrons. The number of rotatable bonds is 9. The molecule has 3 atom stereocenters. The lowest BCUT2D eigenvalue weighted by Gasteiger charge is -2.19. The van der Waals surface area contributed by atoms with E-state index in [4.69, 9.17) is 14.2 Å². The topological polar surface area (TPSA) is 44.8 Å². The molecule has 0 aromatic rings. The van der Waals surface area contributed by atoms with Crippen LogP contribution in [0.2, 0.25) is 0 Å². The highest BCUT2D eigenvalue weighted by Gasteiger charge is 2.12. The van der Waals surface area contributed by atoms with Gasteiger partial charge in [0.1, 0.15) is 0 Å². The summed E-state index contributed by atoms with van der Waals surface area (Å²) in [4.78, 5) is 10.7. The molecule has 102 valence electrons. The third-order valence-electron chi connectivity index (χ3n) is 2.39. The molecule has 0 N–H and O–H groups in total. The first-order valence-corrected chi connectivity index (χ1v) is 6.32. The van der Waals surface area contributed by atoms with Gasteiger partial charge in [0.2, 0.25) is 0 Å². The molecular weight excluding hydrogens is 220 g/mol. The van der Waals surface area contributed by atoms with Gasteiger partial charge in [-0.2, -0.15) is 0 Å². The minimum atomic E-state index is -0.217. The van der Waals surface area contributed by atoms with Gasteiger partial charge in [-0.15, -0.1) is 0 Å². The first-order chi connectivity index (χ1) is 7.95. The van der Waals surface area contributed by atoms with E-state index in [0.717, 1.165) is 6.42 Å². The van der Waals surface area contributed by atoms with Crippen molar-refractivity contribution in [1.29, 1.82) is 0 Å². The fourth-order valence-corrected chi connectivity index (χ4v) is 1.67. The monoisotopic (exact) mass is 246 g/mol. The Morgan fingerprint density at radius 3 is 2.18 bits per heavy atom. The van der Waals surface area contributed by atoms with Crippen molar-refractivity contribution in [2.75, 3.05) is 19.8 Å². The lowest BCUT2D eigenvalue weighted by molar-refractivity contribution is -0.143. The summed E-state index contributed by atoms with van der Waals surface area (Å²) < 4.78 is 15.8. The molecule has 0 aliphatic heterocycles. The number of ether oxygens (including phenoxy) is 3. The van der Waals surface area contributed by atoms with E-state index in [1.54, 1.807) is 0 Å². The fraction of sp³-hybridized carbons (Fsp3) is 0.923. The van der Waals surface area contributed by atoms with Gasteiger partial charge in [0.05, 0.1) is 13.2 Å². The average Bonchev–Trinajstić information content (AvgIpc) is 2.24. The van der Waals surface area contributed by atoms with E-state index in [1.807, 2.05) is 13.8 Å². The molecular formula is C13H26O4. The van der Waals surface area contributed by atoms with Crippen LogP contribution in [0.1, 0.15) is 41.0 Å². The molecule has 0 aromatic carbocycles. The predicted octanol–water partition coefficient (Wildman–Crippen LogP) is 2.61. The van der Waals surface area contributed by atoms with Crippen molar-refractivity contribution < 1.29 is 19.0 Å². The van der Waals surface area contributed by atoms with Crippen LogP contribution in [-0.2, 0) is 19.0 Å². The van der Waals surface area contributed by atoms with Crippen LogP contribution in [0.3, 0.4) is 0 Å². The molecule has 0 heterocycles. The Labute approximate surface area is 105 Å². The van der Waals surface area contributed by atoms with Crippen LogP contribution >= 0.6 is 0 Å². The van der Waals surface area contributed by atoms with Crippen LogP contribution in [0, 0.1) is 11.8 Å². The number of esters is 1. The molecule has 0 aliphatic rings. The standard InChI is InChI=1S/C13H26O4/c1-6-15-13(5)17-9-11(3)7-10(2)8-16-12(4)14/h10-11,13H,6-9H2,1-5H3/t10-,11+,13?/m0/s1. The third-order valence-corrected chi connectivity index (χ3v) is 2.39. The Kier molecular flexibility index (Phi) is 9.09. The molecule has 4 heteroatoms. The van der Waals surface area contributed by atoms with Gasteiger partial charge in [0.25, 0.3) is 0 Å². The maximum absolute atomic E-state index is 10.7. The van der Waals surface area contributed by atoms with Gasteiger partial charge < -0.3 is 14.2 Å². The van der Waals surface area contributed by atoms with Crippen molar-refractivity contribution in [3.8, 4) is 0 Å². The third kappa shape index (κ3) is 10.3. The molecule has 0 amide bonds.